The summed E-state index contributed by atoms with van der Waals surface area (Å²) in [6.07, 6.45) is 0. The predicted molar refractivity (Wildman–Crippen MR) is 44.9 cm³/mol. The van der Waals surface area contributed by atoms with Crippen LogP contribution in [0.5, 0.6) is 0 Å². The molecule has 1 unspecified atom stereocenters. The van der Waals surface area contributed by atoms with Gasteiger partial charge < -0.3 is 15.0 Å². The van der Waals surface area contributed by atoms with Gasteiger partial charge in [-0.2, -0.15) is 0 Å². The summed E-state index contributed by atoms with van der Waals surface area (Å²) in [5.74, 6) is -0.317. The molecular formula is C8H14N2O3. The number of nitrogens with zero attached hydrogens (tertiary/aromatic N) is 2. The summed E-state index contributed by atoms with van der Waals surface area (Å²) in [5.41, 5.74) is 0. The maximum Gasteiger partial charge on any atom is 0.195 e. The fourth-order valence-electron chi connectivity index (χ4n) is 1.70. The van der Waals surface area contributed by atoms with Gasteiger partial charge in [-0.15, -0.1) is 0 Å². The Balaban J connectivity index is 2.75. The monoisotopic (exact) mass is 186 g/mol. The summed E-state index contributed by atoms with van der Waals surface area (Å²) in [7, 11) is 0. The van der Waals surface area contributed by atoms with Crippen molar-refractivity contribution in [1.29, 1.82) is 0 Å². The van der Waals surface area contributed by atoms with Crippen LogP contribution in [0, 0.1) is 0 Å². The van der Waals surface area contributed by atoms with Crippen LogP contribution < -0.4 is 5.11 Å². The van der Waals surface area contributed by atoms with Crippen LogP contribution in [0.1, 0.15) is 6.92 Å². The fourth-order valence-corrected chi connectivity index (χ4v) is 1.70. The van der Waals surface area contributed by atoms with Gasteiger partial charge in [-0.25, -0.2) is 4.99 Å². The Morgan fingerprint density at radius 1 is 1.77 bits per heavy atom. The second-order valence-electron chi connectivity index (χ2n) is 3.28. The topological polar surface area (TPSA) is 72.7 Å². The van der Waals surface area contributed by atoms with E-state index in [9.17, 15) is 9.90 Å². The van der Waals surface area contributed by atoms with Gasteiger partial charge in [0.1, 0.15) is 19.6 Å². The molecule has 0 saturated carbocycles. The van der Waals surface area contributed by atoms with Gasteiger partial charge in [0, 0.05) is 6.92 Å². The summed E-state index contributed by atoms with van der Waals surface area (Å²) >= 11 is 0. The molecule has 1 N–H and O–H groups in total. The molecule has 5 heteroatoms. The third-order valence-corrected chi connectivity index (χ3v) is 2.51. The zero-order valence-electron chi connectivity index (χ0n) is 7.69. The van der Waals surface area contributed by atoms with Gasteiger partial charge >= 0.3 is 0 Å². The minimum atomic E-state index is -1.09. The van der Waals surface area contributed by atoms with Crippen LogP contribution in [0.15, 0.2) is 4.99 Å². The molecular weight excluding hydrogens is 172 g/mol. The number of aliphatic imine (C=N–C) groups is 1. The highest BCUT2D eigenvalue weighted by atomic mass is 16.4. The number of carbonyl (C=O) groups excluding carboxylic acids is 1. The normalized spacial score (nSPS) is 27.4. The van der Waals surface area contributed by atoms with Gasteiger partial charge in [0.25, 0.3) is 0 Å². The number of aliphatic carboxylic acids is 1. The highest BCUT2D eigenvalue weighted by Crippen LogP contribution is 2.13. The first kappa shape index (κ1) is 10.1. The molecule has 0 amide bonds. The Hall–Kier alpha value is -0.940. The van der Waals surface area contributed by atoms with Crippen LogP contribution in [0.4, 0.5) is 0 Å². The van der Waals surface area contributed by atoms with Crippen molar-refractivity contribution < 1.29 is 19.5 Å². The van der Waals surface area contributed by atoms with Crippen molar-refractivity contribution in [2.24, 2.45) is 4.99 Å². The van der Waals surface area contributed by atoms with Gasteiger partial charge in [0.2, 0.25) is 0 Å². The number of rotatable bonds is 4. The number of quaternary nitrogens is 1. The van der Waals surface area contributed by atoms with Crippen LogP contribution in [0.25, 0.3) is 0 Å². The number of amidine groups is 1. The van der Waals surface area contributed by atoms with E-state index in [1.807, 2.05) is 0 Å². The molecule has 0 fully saturated rings. The molecule has 0 aliphatic carbocycles. The van der Waals surface area contributed by atoms with Gasteiger partial charge in [-0.3, -0.25) is 4.48 Å². The lowest BCUT2D eigenvalue weighted by molar-refractivity contribution is -0.830. The van der Waals surface area contributed by atoms with Gasteiger partial charge in [-0.1, -0.05) is 0 Å². The molecule has 5 nitrogen and oxygen atoms in total. The fraction of sp³-hybridized carbons (Fsp3) is 0.750. The summed E-state index contributed by atoms with van der Waals surface area (Å²) in [4.78, 5) is 14.7. The van der Waals surface area contributed by atoms with E-state index in [2.05, 4.69) is 4.99 Å². The lowest BCUT2D eigenvalue weighted by Crippen LogP contribution is -2.56. The molecule has 1 aliphatic heterocycles. The van der Waals surface area contributed by atoms with Crippen molar-refractivity contribution >= 4 is 11.8 Å². The first-order valence-corrected chi connectivity index (χ1v) is 4.29. The molecule has 0 radical (unpaired) electrons. The SMILES string of the molecule is CC1=NCC[N+]1(CCO)CC(=O)[O-]. The van der Waals surface area contributed by atoms with E-state index in [0.29, 0.717) is 19.6 Å². The van der Waals surface area contributed by atoms with E-state index in [0.717, 1.165) is 5.84 Å². The molecule has 1 atom stereocenters. The number of hydrogen-bond acceptors (Lipinski definition) is 4. The van der Waals surface area contributed by atoms with Crippen molar-refractivity contribution in [2.75, 3.05) is 32.8 Å². The maximum atomic E-state index is 10.5. The van der Waals surface area contributed by atoms with Gasteiger partial charge in [0.05, 0.1) is 19.1 Å². The second-order valence-corrected chi connectivity index (χ2v) is 3.28. The number of hydrogen-bond donors (Lipinski definition) is 1. The largest absolute Gasteiger partial charge is 0.544 e. The smallest absolute Gasteiger partial charge is 0.195 e. The lowest BCUT2D eigenvalue weighted by atomic mass is 10.3. The van der Waals surface area contributed by atoms with Crippen LogP contribution >= 0.6 is 0 Å². The summed E-state index contributed by atoms with van der Waals surface area (Å²) < 4.78 is 0.249. The molecule has 1 rings (SSSR count). The third-order valence-electron chi connectivity index (χ3n) is 2.51. The van der Waals surface area contributed by atoms with E-state index in [4.69, 9.17) is 5.11 Å². The molecule has 0 saturated heterocycles. The van der Waals surface area contributed by atoms with Crippen molar-refractivity contribution in [3.63, 3.8) is 0 Å². The first-order valence-electron chi connectivity index (χ1n) is 4.29. The molecule has 13 heavy (non-hydrogen) atoms. The first-order chi connectivity index (χ1) is 6.10. The van der Waals surface area contributed by atoms with Crippen LogP contribution in [-0.4, -0.2) is 54.2 Å². The number of carboxylic acid groups (broad SMARTS) is 1. The van der Waals surface area contributed by atoms with E-state index >= 15 is 0 Å². The molecule has 0 spiro atoms. The van der Waals surface area contributed by atoms with Crippen molar-refractivity contribution in [3.05, 3.63) is 0 Å². The average Bonchev–Trinajstić information content (AvgIpc) is 2.32. The molecule has 0 aromatic heterocycles. The van der Waals surface area contributed by atoms with Crippen LogP contribution in [0.2, 0.25) is 0 Å². The predicted octanol–water partition coefficient (Wildman–Crippen LogP) is -2.02. The Morgan fingerprint density at radius 2 is 2.46 bits per heavy atom. The molecule has 0 aromatic carbocycles. The molecule has 1 heterocycles. The highest BCUT2D eigenvalue weighted by Gasteiger charge is 2.34. The molecule has 1 aliphatic rings. The second kappa shape index (κ2) is 3.85. The van der Waals surface area contributed by atoms with Crippen molar-refractivity contribution in [2.45, 2.75) is 6.92 Å². The van der Waals surface area contributed by atoms with Crippen molar-refractivity contribution in [1.82, 2.24) is 0 Å². The Kier molecular flexibility index (Phi) is 3.00. The Bertz CT molecular complexity index is 240. The summed E-state index contributed by atoms with van der Waals surface area (Å²) in [5, 5.41) is 19.4. The number of carbonyl (C=O) groups is 1. The standard InChI is InChI=1S/C8H14N2O3/c1-7-9-2-3-10(7,4-5-11)6-8(12)13/h11H,2-6H2,1H3. The zero-order chi connectivity index (χ0) is 9.90. The van der Waals surface area contributed by atoms with E-state index < -0.39 is 5.97 Å². The quantitative estimate of drug-likeness (QED) is 0.515. The van der Waals surface area contributed by atoms with E-state index in [1.165, 1.54) is 0 Å². The minimum absolute atomic E-state index is 0.0276. The lowest BCUT2D eigenvalue weighted by Gasteiger charge is -2.33. The summed E-state index contributed by atoms with van der Waals surface area (Å²) in [6.45, 7) is 3.38. The number of aliphatic hydroxyl groups is 1. The van der Waals surface area contributed by atoms with Gasteiger partial charge in [0.15, 0.2) is 5.84 Å². The number of aliphatic hydroxyl groups excluding tert-OH is 1. The minimum Gasteiger partial charge on any atom is -0.544 e. The maximum absolute atomic E-state index is 10.5. The van der Waals surface area contributed by atoms with Crippen LogP contribution in [-0.2, 0) is 4.79 Å². The van der Waals surface area contributed by atoms with Crippen molar-refractivity contribution in [3.8, 4) is 0 Å². The zero-order valence-corrected chi connectivity index (χ0v) is 7.69. The van der Waals surface area contributed by atoms with Gasteiger partial charge in [-0.05, 0) is 0 Å². The highest BCUT2D eigenvalue weighted by molar-refractivity contribution is 5.77. The van der Waals surface area contributed by atoms with E-state index in [1.54, 1.807) is 6.92 Å². The average molecular weight is 186 g/mol. The van der Waals surface area contributed by atoms with Crippen LogP contribution in [0.3, 0.4) is 0 Å². The third kappa shape index (κ3) is 2.05. The Labute approximate surface area is 76.9 Å². The molecule has 74 valence electrons. The molecule has 0 aromatic rings. The summed E-state index contributed by atoms with van der Waals surface area (Å²) in [6, 6.07) is 0. The van der Waals surface area contributed by atoms with E-state index in [-0.39, 0.29) is 17.6 Å². The molecule has 0 bridgehead atoms. The Morgan fingerprint density at radius 3 is 2.85 bits per heavy atom. The number of carboxylic acids is 1.